The Kier molecular flexibility index (Phi) is 4.13. The normalized spacial score (nSPS) is 26.6. The van der Waals surface area contributed by atoms with Crippen LogP contribution in [0.2, 0.25) is 0 Å². The fraction of sp³-hybridized carbons (Fsp3) is 0.778. The Morgan fingerprint density at radius 1 is 1.43 bits per heavy atom. The van der Waals surface area contributed by atoms with Crippen LogP contribution < -0.4 is 11.1 Å². The van der Waals surface area contributed by atoms with Crippen molar-refractivity contribution in [1.82, 2.24) is 5.32 Å². The molecule has 0 bridgehead atoms. The number of methoxy groups -OCH3 is 1. The minimum Gasteiger partial charge on any atom is -0.469 e. The van der Waals surface area contributed by atoms with Crippen molar-refractivity contribution in [2.45, 2.75) is 31.7 Å². The molecule has 14 heavy (non-hydrogen) atoms. The number of rotatable bonds is 2. The van der Waals surface area contributed by atoms with Crippen LogP contribution in [0.25, 0.3) is 0 Å². The minimum absolute atomic E-state index is 0.0596. The SMILES string of the molecule is COC(=O)C1CCC(NC(N)=S)CC1. The highest BCUT2D eigenvalue weighted by Crippen LogP contribution is 2.24. The molecule has 4 nitrogen and oxygen atoms in total. The molecule has 5 heteroatoms. The maximum absolute atomic E-state index is 11.2. The van der Waals surface area contributed by atoms with E-state index in [2.05, 4.69) is 5.32 Å². The maximum Gasteiger partial charge on any atom is 0.308 e. The highest BCUT2D eigenvalue weighted by atomic mass is 32.1. The molecule has 0 aliphatic heterocycles. The average Bonchev–Trinajstić information content (AvgIpc) is 2.17. The fourth-order valence-electron chi connectivity index (χ4n) is 1.84. The van der Waals surface area contributed by atoms with E-state index in [1.165, 1.54) is 7.11 Å². The van der Waals surface area contributed by atoms with Crippen LogP contribution in [0, 0.1) is 5.92 Å². The number of ether oxygens (including phenoxy) is 1. The summed E-state index contributed by atoms with van der Waals surface area (Å²) in [5.41, 5.74) is 5.37. The van der Waals surface area contributed by atoms with Gasteiger partial charge in [-0.15, -0.1) is 0 Å². The Morgan fingerprint density at radius 3 is 2.43 bits per heavy atom. The summed E-state index contributed by atoms with van der Waals surface area (Å²) >= 11 is 4.76. The first-order chi connectivity index (χ1) is 6.63. The van der Waals surface area contributed by atoms with E-state index in [4.69, 9.17) is 22.7 Å². The van der Waals surface area contributed by atoms with E-state index in [0.29, 0.717) is 11.2 Å². The number of carbonyl (C=O) groups is 1. The molecular weight excluding hydrogens is 200 g/mol. The minimum atomic E-state index is -0.0984. The van der Waals surface area contributed by atoms with Crippen LogP contribution in [-0.2, 0) is 9.53 Å². The van der Waals surface area contributed by atoms with Crippen molar-refractivity contribution >= 4 is 23.3 Å². The number of carbonyl (C=O) groups excluding carboxylic acids is 1. The molecular formula is C9H16N2O2S. The molecule has 1 aliphatic rings. The van der Waals surface area contributed by atoms with Crippen molar-refractivity contribution in [2.24, 2.45) is 11.7 Å². The highest BCUT2D eigenvalue weighted by Gasteiger charge is 2.26. The zero-order valence-electron chi connectivity index (χ0n) is 8.29. The summed E-state index contributed by atoms with van der Waals surface area (Å²) in [7, 11) is 1.43. The first-order valence-electron chi connectivity index (χ1n) is 4.77. The molecule has 1 fully saturated rings. The van der Waals surface area contributed by atoms with Crippen LogP contribution in [0.15, 0.2) is 0 Å². The molecule has 0 radical (unpaired) electrons. The third-order valence-electron chi connectivity index (χ3n) is 2.61. The number of hydrogen-bond donors (Lipinski definition) is 2. The molecule has 80 valence electrons. The predicted octanol–water partition coefficient (Wildman–Crippen LogP) is 0.551. The van der Waals surface area contributed by atoms with Crippen molar-refractivity contribution in [2.75, 3.05) is 7.11 Å². The van der Waals surface area contributed by atoms with Crippen molar-refractivity contribution in [3.63, 3.8) is 0 Å². The zero-order chi connectivity index (χ0) is 10.6. The molecule has 0 saturated heterocycles. The molecule has 0 unspecified atom stereocenters. The summed E-state index contributed by atoms with van der Waals surface area (Å²) in [5, 5.41) is 3.36. The van der Waals surface area contributed by atoms with E-state index < -0.39 is 0 Å². The third kappa shape index (κ3) is 3.14. The van der Waals surface area contributed by atoms with Crippen LogP contribution >= 0.6 is 12.2 Å². The molecule has 0 atom stereocenters. The van der Waals surface area contributed by atoms with Crippen molar-refractivity contribution in [3.8, 4) is 0 Å². The number of thiocarbonyl (C=S) groups is 1. The molecule has 1 saturated carbocycles. The lowest BCUT2D eigenvalue weighted by Crippen LogP contribution is -2.41. The lowest BCUT2D eigenvalue weighted by atomic mass is 9.86. The molecule has 0 heterocycles. The van der Waals surface area contributed by atoms with E-state index in [1.807, 2.05) is 0 Å². The maximum atomic E-state index is 11.2. The lowest BCUT2D eigenvalue weighted by Gasteiger charge is -2.27. The van der Waals surface area contributed by atoms with Gasteiger partial charge in [-0.2, -0.15) is 0 Å². The van der Waals surface area contributed by atoms with Gasteiger partial charge < -0.3 is 15.8 Å². The Labute approximate surface area is 89.2 Å². The standard InChI is InChI=1S/C9H16N2O2S/c1-13-8(12)6-2-4-7(5-3-6)11-9(10)14/h6-7H,2-5H2,1H3,(H3,10,11,14). The smallest absolute Gasteiger partial charge is 0.308 e. The number of esters is 1. The lowest BCUT2D eigenvalue weighted by molar-refractivity contribution is -0.146. The topological polar surface area (TPSA) is 64.3 Å². The van der Waals surface area contributed by atoms with Crippen LogP contribution in [0.5, 0.6) is 0 Å². The van der Waals surface area contributed by atoms with Crippen LogP contribution in [0.1, 0.15) is 25.7 Å². The highest BCUT2D eigenvalue weighted by molar-refractivity contribution is 7.80. The second-order valence-corrected chi connectivity index (χ2v) is 4.02. The van der Waals surface area contributed by atoms with Gasteiger partial charge in [0, 0.05) is 6.04 Å². The molecule has 0 aromatic carbocycles. The van der Waals surface area contributed by atoms with Gasteiger partial charge in [0.2, 0.25) is 0 Å². The van der Waals surface area contributed by atoms with Crippen LogP contribution in [0.3, 0.4) is 0 Å². The quantitative estimate of drug-likeness (QED) is 0.521. The molecule has 1 rings (SSSR count). The second-order valence-electron chi connectivity index (χ2n) is 3.58. The van der Waals surface area contributed by atoms with Gasteiger partial charge in [-0.05, 0) is 37.9 Å². The number of nitrogens with one attached hydrogen (secondary N) is 1. The zero-order valence-corrected chi connectivity index (χ0v) is 9.10. The largest absolute Gasteiger partial charge is 0.469 e. The van der Waals surface area contributed by atoms with Gasteiger partial charge in [0.15, 0.2) is 5.11 Å². The Bertz CT molecular complexity index is 225. The van der Waals surface area contributed by atoms with Gasteiger partial charge in [0.1, 0.15) is 0 Å². The molecule has 0 spiro atoms. The van der Waals surface area contributed by atoms with Crippen LogP contribution in [-0.4, -0.2) is 24.2 Å². The van der Waals surface area contributed by atoms with E-state index in [-0.39, 0.29) is 11.9 Å². The second kappa shape index (κ2) is 5.14. The summed E-state index contributed by atoms with van der Waals surface area (Å²) in [5.74, 6) is -0.0387. The summed E-state index contributed by atoms with van der Waals surface area (Å²) in [6, 6.07) is 0.327. The van der Waals surface area contributed by atoms with Gasteiger partial charge >= 0.3 is 5.97 Å². The van der Waals surface area contributed by atoms with Gasteiger partial charge in [0.25, 0.3) is 0 Å². The Hall–Kier alpha value is -0.840. The fourth-order valence-corrected chi connectivity index (χ4v) is 2.01. The van der Waals surface area contributed by atoms with Crippen molar-refractivity contribution in [1.29, 1.82) is 0 Å². The summed E-state index contributed by atoms with van der Waals surface area (Å²) in [6.45, 7) is 0. The summed E-state index contributed by atoms with van der Waals surface area (Å²) in [4.78, 5) is 11.2. The van der Waals surface area contributed by atoms with Crippen LogP contribution in [0.4, 0.5) is 0 Å². The van der Waals surface area contributed by atoms with E-state index >= 15 is 0 Å². The summed E-state index contributed by atoms with van der Waals surface area (Å²) in [6.07, 6.45) is 3.56. The van der Waals surface area contributed by atoms with Crippen molar-refractivity contribution < 1.29 is 9.53 Å². The van der Waals surface area contributed by atoms with Crippen molar-refractivity contribution in [3.05, 3.63) is 0 Å². The number of hydrogen-bond acceptors (Lipinski definition) is 3. The Morgan fingerprint density at radius 2 is 2.00 bits per heavy atom. The van der Waals surface area contributed by atoms with E-state index in [0.717, 1.165) is 25.7 Å². The molecule has 3 N–H and O–H groups in total. The van der Waals surface area contributed by atoms with E-state index in [1.54, 1.807) is 0 Å². The van der Waals surface area contributed by atoms with Gasteiger partial charge in [-0.25, -0.2) is 0 Å². The monoisotopic (exact) mass is 216 g/mol. The first kappa shape index (κ1) is 11.2. The first-order valence-corrected chi connectivity index (χ1v) is 5.18. The Balaban J connectivity index is 2.31. The van der Waals surface area contributed by atoms with Gasteiger partial charge in [0.05, 0.1) is 13.0 Å². The number of nitrogens with two attached hydrogens (primary N) is 1. The molecule has 0 amide bonds. The summed E-state index contributed by atoms with van der Waals surface area (Å²) < 4.78 is 4.70. The third-order valence-corrected chi connectivity index (χ3v) is 2.73. The average molecular weight is 216 g/mol. The van der Waals surface area contributed by atoms with Gasteiger partial charge in [-0.3, -0.25) is 4.79 Å². The van der Waals surface area contributed by atoms with Gasteiger partial charge in [-0.1, -0.05) is 0 Å². The molecule has 0 aromatic rings. The van der Waals surface area contributed by atoms with E-state index in [9.17, 15) is 4.79 Å². The molecule has 1 aliphatic carbocycles. The molecule has 0 aromatic heterocycles. The predicted molar refractivity (Wildman–Crippen MR) is 57.7 cm³/mol.